The highest BCUT2D eigenvalue weighted by molar-refractivity contribution is 6.04. The second kappa shape index (κ2) is 7.27. The zero-order valence-corrected chi connectivity index (χ0v) is 13.0. The number of hydrogen-bond donors (Lipinski definition) is 3. The molecule has 6 nitrogen and oxygen atoms in total. The van der Waals surface area contributed by atoms with Gasteiger partial charge >= 0.3 is 0 Å². The number of benzene rings is 1. The van der Waals surface area contributed by atoms with Gasteiger partial charge in [0.05, 0.1) is 17.4 Å². The van der Waals surface area contributed by atoms with E-state index in [9.17, 15) is 14.0 Å². The van der Waals surface area contributed by atoms with E-state index in [0.29, 0.717) is 17.9 Å². The molecule has 126 valence electrons. The van der Waals surface area contributed by atoms with Crippen molar-refractivity contribution in [2.45, 2.75) is 18.9 Å². The quantitative estimate of drug-likeness (QED) is 0.785. The van der Waals surface area contributed by atoms with Crippen LogP contribution in [0.2, 0.25) is 0 Å². The molecule has 24 heavy (non-hydrogen) atoms. The Labute approximate surface area is 138 Å². The zero-order chi connectivity index (χ0) is 16.9. The Morgan fingerprint density at radius 1 is 1.33 bits per heavy atom. The van der Waals surface area contributed by atoms with Gasteiger partial charge in [-0.1, -0.05) is 0 Å². The summed E-state index contributed by atoms with van der Waals surface area (Å²) in [5.74, 6) is -0.877. The highest BCUT2D eigenvalue weighted by atomic mass is 19.1. The summed E-state index contributed by atoms with van der Waals surface area (Å²) >= 11 is 0. The van der Waals surface area contributed by atoms with E-state index in [0.717, 1.165) is 19.4 Å². The highest BCUT2D eigenvalue weighted by Crippen LogP contribution is 2.21. The number of anilines is 2. The molecule has 0 saturated carbocycles. The van der Waals surface area contributed by atoms with E-state index in [-0.39, 0.29) is 17.2 Å². The third-order valence-electron chi connectivity index (χ3n) is 3.82. The Kier molecular flexibility index (Phi) is 4.90. The average molecular weight is 331 g/mol. The fraction of sp³-hybridized carbons (Fsp3) is 0.294. The standard InChI is InChI=1S/C17H18FN3O3/c18-14-8-12(21-17(23)11-3-6-16(22)20-9-11)4-5-15(14)19-10-13-2-1-7-24-13/h3-6,8-9,13,19H,1-2,7,10H2,(H,20,22)(H,21,23). The third kappa shape index (κ3) is 3.99. The molecule has 1 amide bonds. The van der Waals surface area contributed by atoms with Crippen molar-refractivity contribution in [3.8, 4) is 0 Å². The fourth-order valence-electron chi connectivity index (χ4n) is 2.52. The topological polar surface area (TPSA) is 83.2 Å². The van der Waals surface area contributed by atoms with Gasteiger partial charge in [-0.25, -0.2) is 4.39 Å². The molecular weight excluding hydrogens is 313 g/mol. The minimum atomic E-state index is -0.452. The Bertz CT molecular complexity index is 764. The smallest absolute Gasteiger partial charge is 0.257 e. The van der Waals surface area contributed by atoms with E-state index in [2.05, 4.69) is 15.6 Å². The van der Waals surface area contributed by atoms with Crippen LogP contribution in [0.3, 0.4) is 0 Å². The molecule has 1 atom stereocenters. The van der Waals surface area contributed by atoms with E-state index in [1.165, 1.54) is 24.4 Å². The lowest BCUT2D eigenvalue weighted by atomic mass is 10.2. The summed E-state index contributed by atoms with van der Waals surface area (Å²) in [6, 6.07) is 7.11. The Balaban J connectivity index is 1.62. The predicted octanol–water partition coefficient (Wildman–Crippen LogP) is 2.36. The molecule has 0 aliphatic carbocycles. The number of aromatic amines is 1. The van der Waals surface area contributed by atoms with Crippen molar-refractivity contribution in [3.63, 3.8) is 0 Å². The lowest BCUT2D eigenvalue weighted by Gasteiger charge is -2.13. The minimum absolute atomic E-state index is 0.115. The van der Waals surface area contributed by atoms with Gasteiger partial charge in [0.2, 0.25) is 5.56 Å². The summed E-state index contributed by atoms with van der Waals surface area (Å²) in [4.78, 5) is 25.4. The van der Waals surface area contributed by atoms with Gasteiger partial charge in [0.1, 0.15) is 5.82 Å². The number of rotatable bonds is 5. The largest absolute Gasteiger partial charge is 0.380 e. The van der Waals surface area contributed by atoms with E-state index in [1.54, 1.807) is 12.1 Å². The number of amides is 1. The average Bonchev–Trinajstić information content (AvgIpc) is 3.08. The van der Waals surface area contributed by atoms with Crippen molar-refractivity contribution in [1.29, 1.82) is 0 Å². The SMILES string of the molecule is O=C(Nc1ccc(NCC2CCCO2)c(F)c1)c1ccc(=O)[nH]c1. The summed E-state index contributed by atoms with van der Waals surface area (Å²) in [5, 5.41) is 5.61. The monoisotopic (exact) mass is 331 g/mol. The molecule has 2 aromatic rings. The Morgan fingerprint density at radius 3 is 2.88 bits per heavy atom. The van der Waals surface area contributed by atoms with Crippen molar-refractivity contribution in [2.24, 2.45) is 0 Å². The van der Waals surface area contributed by atoms with Crippen LogP contribution < -0.4 is 16.2 Å². The molecule has 0 radical (unpaired) electrons. The van der Waals surface area contributed by atoms with E-state index >= 15 is 0 Å². The molecular formula is C17H18FN3O3. The summed E-state index contributed by atoms with van der Waals surface area (Å²) in [6.07, 6.45) is 3.43. The number of aromatic nitrogens is 1. The van der Waals surface area contributed by atoms with Crippen LogP contribution in [0, 0.1) is 5.82 Å². The zero-order valence-electron chi connectivity index (χ0n) is 13.0. The second-order valence-corrected chi connectivity index (χ2v) is 5.61. The van der Waals surface area contributed by atoms with Crippen LogP contribution in [0.25, 0.3) is 0 Å². The molecule has 0 spiro atoms. The Hall–Kier alpha value is -2.67. The third-order valence-corrected chi connectivity index (χ3v) is 3.82. The molecule has 2 heterocycles. The number of carbonyl (C=O) groups excluding carboxylic acids is 1. The molecule has 1 aromatic heterocycles. The minimum Gasteiger partial charge on any atom is -0.380 e. The Morgan fingerprint density at radius 2 is 2.21 bits per heavy atom. The first kappa shape index (κ1) is 16.2. The maximum Gasteiger partial charge on any atom is 0.257 e. The van der Waals surface area contributed by atoms with Gasteiger partial charge in [0.25, 0.3) is 5.91 Å². The molecule has 0 bridgehead atoms. The van der Waals surface area contributed by atoms with Crippen molar-refractivity contribution in [3.05, 3.63) is 58.3 Å². The first-order valence-electron chi connectivity index (χ1n) is 7.77. The van der Waals surface area contributed by atoms with Crippen LogP contribution in [-0.4, -0.2) is 30.1 Å². The van der Waals surface area contributed by atoms with Crippen molar-refractivity contribution >= 4 is 17.3 Å². The molecule has 1 saturated heterocycles. The van der Waals surface area contributed by atoms with E-state index < -0.39 is 11.7 Å². The number of halogens is 1. The molecule has 1 aliphatic rings. The number of nitrogens with one attached hydrogen (secondary N) is 3. The highest BCUT2D eigenvalue weighted by Gasteiger charge is 2.16. The van der Waals surface area contributed by atoms with Crippen LogP contribution in [0.5, 0.6) is 0 Å². The van der Waals surface area contributed by atoms with Gasteiger partial charge in [0.15, 0.2) is 0 Å². The van der Waals surface area contributed by atoms with Gasteiger partial charge in [-0.05, 0) is 37.1 Å². The van der Waals surface area contributed by atoms with Gasteiger partial charge in [-0.15, -0.1) is 0 Å². The van der Waals surface area contributed by atoms with E-state index in [1.807, 2.05) is 0 Å². The van der Waals surface area contributed by atoms with Gasteiger partial charge in [-0.2, -0.15) is 0 Å². The normalized spacial score (nSPS) is 16.8. The van der Waals surface area contributed by atoms with Crippen molar-refractivity contribution in [2.75, 3.05) is 23.8 Å². The molecule has 3 N–H and O–H groups in total. The van der Waals surface area contributed by atoms with Crippen molar-refractivity contribution < 1.29 is 13.9 Å². The number of pyridine rings is 1. The van der Waals surface area contributed by atoms with Crippen LogP contribution in [-0.2, 0) is 4.74 Å². The van der Waals surface area contributed by atoms with Gasteiger partial charge in [-0.3, -0.25) is 9.59 Å². The first-order valence-corrected chi connectivity index (χ1v) is 7.77. The fourth-order valence-corrected chi connectivity index (χ4v) is 2.52. The van der Waals surface area contributed by atoms with Gasteiger partial charge < -0.3 is 20.4 Å². The van der Waals surface area contributed by atoms with Crippen LogP contribution in [0.15, 0.2) is 41.3 Å². The summed E-state index contributed by atoms with van der Waals surface area (Å²) in [6.45, 7) is 1.31. The predicted molar refractivity (Wildman–Crippen MR) is 88.9 cm³/mol. The lowest BCUT2D eigenvalue weighted by molar-refractivity contribution is 0.102. The number of carbonyl (C=O) groups is 1. The molecule has 1 fully saturated rings. The van der Waals surface area contributed by atoms with Crippen LogP contribution in [0.1, 0.15) is 23.2 Å². The second-order valence-electron chi connectivity index (χ2n) is 5.61. The molecule has 1 unspecified atom stereocenters. The molecule has 1 aliphatic heterocycles. The summed E-state index contributed by atoms with van der Waals surface area (Å²) in [7, 11) is 0. The summed E-state index contributed by atoms with van der Waals surface area (Å²) < 4.78 is 19.6. The number of ether oxygens (including phenoxy) is 1. The van der Waals surface area contributed by atoms with Gasteiger partial charge in [0, 0.05) is 31.1 Å². The van der Waals surface area contributed by atoms with E-state index in [4.69, 9.17) is 4.74 Å². The maximum absolute atomic E-state index is 14.1. The lowest BCUT2D eigenvalue weighted by Crippen LogP contribution is -2.19. The van der Waals surface area contributed by atoms with Crippen LogP contribution >= 0.6 is 0 Å². The summed E-state index contributed by atoms with van der Waals surface area (Å²) in [5.41, 5.74) is 0.703. The molecule has 3 rings (SSSR count). The molecule has 1 aromatic carbocycles. The van der Waals surface area contributed by atoms with Crippen molar-refractivity contribution in [1.82, 2.24) is 4.98 Å². The number of hydrogen-bond acceptors (Lipinski definition) is 4. The van der Waals surface area contributed by atoms with Crippen LogP contribution in [0.4, 0.5) is 15.8 Å². The molecule has 7 heteroatoms. The number of H-pyrrole nitrogens is 1. The maximum atomic E-state index is 14.1. The first-order chi connectivity index (χ1) is 11.6.